The van der Waals surface area contributed by atoms with Gasteiger partial charge in [0.15, 0.2) is 0 Å². The fraction of sp³-hybridized carbons (Fsp3) is 0.0870. The van der Waals surface area contributed by atoms with Gasteiger partial charge in [0, 0.05) is 35.3 Å². The summed E-state index contributed by atoms with van der Waals surface area (Å²) in [5, 5.41) is 3.25. The quantitative estimate of drug-likeness (QED) is 0.418. The first-order chi connectivity index (χ1) is 14.9. The molecule has 156 valence electrons. The molecule has 2 aromatic heterocycles. The molecule has 0 radical (unpaired) electrons. The Balaban J connectivity index is 1.61. The monoisotopic (exact) mass is 422 g/mol. The summed E-state index contributed by atoms with van der Waals surface area (Å²) < 4.78 is 41.0. The van der Waals surface area contributed by atoms with E-state index in [1.54, 1.807) is 31.5 Å². The van der Waals surface area contributed by atoms with Crippen molar-refractivity contribution in [1.29, 1.82) is 0 Å². The first-order valence-corrected chi connectivity index (χ1v) is 9.35. The first kappa shape index (κ1) is 20.3. The van der Waals surface area contributed by atoms with Crippen molar-refractivity contribution >= 4 is 11.5 Å². The highest BCUT2D eigenvalue weighted by molar-refractivity contribution is 5.72. The van der Waals surface area contributed by atoms with E-state index in [4.69, 9.17) is 0 Å². The Morgan fingerprint density at radius 3 is 2.23 bits per heavy atom. The van der Waals surface area contributed by atoms with E-state index >= 15 is 0 Å². The van der Waals surface area contributed by atoms with Crippen molar-refractivity contribution in [1.82, 2.24) is 15.0 Å². The Kier molecular flexibility index (Phi) is 5.53. The molecular weight excluding hydrogens is 405 g/mol. The van der Waals surface area contributed by atoms with Crippen molar-refractivity contribution in [3.63, 3.8) is 0 Å². The molecule has 0 aliphatic carbocycles. The topological polar surface area (TPSA) is 59.9 Å². The van der Waals surface area contributed by atoms with E-state index in [0.717, 1.165) is 16.8 Å². The predicted molar refractivity (Wildman–Crippen MR) is 112 cm³/mol. The molecule has 0 unspecified atom stereocenters. The third kappa shape index (κ3) is 5.36. The van der Waals surface area contributed by atoms with Crippen LogP contribution in [0.3, 0.4) is 0 Å². The number of nitrogens with zero attached hydrogens (tertiary/aromatic N) is 3. The van der Waals surface area contributed by atoms with Crippen LogP contribution in [0.1, 0.15) is 5.82 Å². The molecular formula is C23H17F3N4O. The normalized spacial score (nSPS) is 11.2. The zero-order chi connectivity index (χ0) is 21.8. The summed E-state index contributed by atoms with van der Waals surface area (Å²) in [6.07, 6.45) is -1.40. The van der Waals surface area contributed by atoms with Gasteiger partial charge >= 0.3 is 6.36 Å². The number of ether oxygens (including phenoxy) is 1. The lowest BCUT2D eigenvalue weighted by Gasteiger charge is -2.11. The number of halogens is 3. The molecule has 0 saturated carbocycles. The van der Waals surface area contributed by atoms with E-state index in [2.05, 4.69) is 25.0 Å². The second-order valence-corrected chi connectivity index (χ2v) is 6.71. The molecule has 0 atom stereocenters. The molecule has 31 heavy (non-hydrogen) atoms. The lowest BCUT2D eigenvalue weighted by Crippen LogP contribution is -2.16. The number of para-hydroxylation sites is 1. The number of pyridine rings is 1. The minimum atomic E-state index is -4.72. The predicted octanol–water partition coefficient (Wildman–Crippen LogP) is 6.16. The smallest absolute Gasteiger partial charge is 0.406 e. The number of rotatable bonds is 5. The summed E-state index contributed by atoms with van der Waals surface area (Å²) in [5.41, 5.74) is 3.79. The second kappa shape index (κ2) is 8.43. The number of nitrogens with one attached hydrogen (secondary N) is 1. The Labute approximate surface area is 176 Å². The van der Waals surface area contributed by atoms with E-state index in [1.807, 2.05) is 42.5 Å². The molecule has 4 rings (SSSR count). The van der Waals surface area contributed by atoms with E-state index in [-0.39, 0.29) is 5.75 Å². The van der Waals surface area contributed by atoms with Gasteiger partial charge in [-0.3, -0.25) is 4.98 Å². The van der Waals surface area contributed by atoms with Crippen molar-refractivity contribution < 1.29 is 17.9 Å². The number of aromatic nitrogens is 3. The first-order valence-electron chi connectivity index (χ1n) is 9.35. The van der Waals surface area contributed by atoms with Gasteiger partial charge in [-0.2, -0.15) is 0 Å². The Morgan fingerprint density at radius 1 is 0.806 bits per heavy atom. The van der Waals surface area contributed by atoms with Crippen LogP contribution in [0, 0.1) is 6.92 Å². The molecule has 8 heteroatoms. The fourth-order valence-corrected chi connectivity index (χ4v) is 3.04. The van der Waals surface area contributed by atoms with Gasteiger partial charge < -0.3 is 10.1 Å². The van der Waals surface area contributed by atoms with Gasteiger partial charge in [0.05, 0.1) is 5.69 Å². The molecule has 4 aromatic rings. The highest BCUT2D eigenvalue weighted by Gasteiger charge is 2.30. The SMILES string of the molecule is Cc1nc(Nc2ccccc2)cc(-c2cncc(-c3ccc(OC(F)(F)F)cc3)c2)n1. The van der Waals surface area contributed by atoms with Crippen molar-refractivity contribution in [3.05, 3.63) is 84.9 Å². The third-order valence-electron chi connectivity index (χ3n) is 4.34. The maximum Gasteiger partial charge on any atom is 0.573 e. The van der Waals surface area contributed by atoms with Gasteiger partial charge in [-0.05, 0) is 42.8 Å². The Hall–Kier alpha value is -3.94. The van der Waals surface area contributed by atoms with E-state index in [0.29, 0.717) is 22.9 Å². The summed E-state index contributed by atoms with van der Waals surface area (Å²) in [7, 11) is 0. The standard InChI is InChI=1S/C23H17F3N4O/c1-15-28-21(12-22(29-15)30-19-5-3-2-4-6-19)18-11-17(13-27-14-18)16-7-9-20(10-8-16)31-23(24,25)26/h2-14H,1H3,(H,28,29,30). The third-order valence-corrected chi connectivity index (χ3v) is 4.34. The van der Waals surface area contributed by atoms with Crippen molar-refractivity contribution in [2.45, 2.75) is 13.3 Å². The number of hydrogen-bond donors (Lipinski definition) is 1. The van der Waals surface area contributed by atoms with Gasteiger partial charge in [-0.25, -0.2) is 9.97 Å². The van der Waals surface area contributed by atoms with Gasteiger partial charge in [-0.1, -0.05) is 30.3 Å². The Morgan fingerprint density at radius 2 is 1.52 bits per heavy atom. The lowest BCUT2D eigenvalue weighted by atomic mass is 10.0. The molecule has 0 fully saturated rings. The van der Waals surface area contributed by atoms with Crippen LogP contribution in [0.5, 0.6) is 5.75 Å². The maximum absolute atomic E-state index is 12.4. The molecule has 2 heterocycles. The largest absolute Gasteiger partial charge is 0.573 e. The molecule has 0 aliphatic heterocycles. The molecule has 0 bridgehead atoms. The Bertz CT molecular complexity index is 1180. The number of anilines is 2. The van der Waals surface area contributed by atoms with Crippen LogP contribution >= 0.6 is 0 Å². The van der Waals surface area contributed by atoms with Gasteiger partial charge in [-0.15, -0.1) is 13.2 Å². The summed E-state index contributed by atoms with van der Waals surface area (Å²) in [6.45, 7) is 1.80. The number of aryl methyl sites for hydroxylation is 1. The van der Waals surface area contributed by atoms with Crippen molar-refractivity contribution in [2.75, 3.05) is 5.32 Å². The van der Waals surface area contributed by atoms with E-state index < -0.39 is 6.36 Å². The highest BCUT2D eigenvalue weighted by Crippen LogP contribution is 2.29. The van der Waals surface area contributed by atoms with Gasteiger partial charge in [0.2, 0.25) is 0 Å². The average molecular weight is 422 g/mol. The molecule has 0 amide bonds. The summed E-state index contributed by atoms with van der Waals surface area (Å²) >= 11 is 0. The zero-order valence-electron chi connectivity index (χ0n) is 16.4. The molecule has 0 spiro atoms. The van der Waals surface area contributed by atoms with Crippen LogP contribution < -0.4 is 10.1 Å². The zero-order valence-corrected chi connectivity index (χ0v) is 16.4. The minimum absolute atomic E-state index is 0.275. The minimum Gasteiger partial charge on any atom is -0.406 e. The average Bonchev–Trinajstić information content (AvgIpc) is 2.74. The fourth-order valence-electron chi connectivity index (χ4n) is 3.04. The number of alkyl halides is 3. The lowest BCUT2D eigenvalue weighted by molar-refractivity contribution is -0.274. The number of hydrogen-bond acceptors (Lipinski definition) is 5. The summed E-state index contributed by atoms with van der Waals surface area (Å²) in [5.74, 6) is 0.964. The van der Waals surface area contributed by atoms with E-state index in [1.165, 1.54) is 12.1 Å². The summed E-state index contributed by atoms with van der Waals surface area (Å²) in [4.78, 5) is 13.2. The van der Waals surface area contributed by atoms with Crippen molar-refractivity contribution in [2.24, 2.45) is 0 Å². The second-order valence-electron chi connectivity index (χ2n) is 6.71. The number of benzene rings is 2. The molecule has 1 N–H and O–H groups in total. The highest BCUT2D eigenvalue weighted by atomic mass is 19.4. The summed E-state index contributed by atoms with van der Waals surface area (Å²) in [6, 6.07) is 19.0. The van der Waals surface area contributed by atoms with Gasteiger partial charge in [0.25, 0.3) is 0 Å². The van der Waals surface area contributed by atoms with Crippen LogP contribution in [-0.4, -0.2) is 21.3 Å². The maximum atomic E-state index is 12.4. The van der Waals surface area contributed by atoms with Gasteiger partial charge in [0.1, 0.15) is 17.4 Å². The molecule has 5 nitrogen and oxygen atoms in total. The molecule has 0 aliphatic rings. The molecule has 0 saturated heterocycles. The van der Waals surface area contributed by atoms with Crippen LogP contribution in [0.15, 0.2) is 79.1 Å². The van der Waals surface area contributed by atoms with Crippen LogP contribution in [-0.2, 0) is 0 Å². The van der Waals surface area contributed by atoms with Crippen LogP contribution in [0.25, 0.3) is 22.4 Å². The van der Waals surface area contributed by atoms with Crippen LogP contribution in [0.4, 0.5) is 24.7 Å². The van der Waals surface area contributed by atoms with E-state index in [9.17, 15) is 13.2 Å². The molecule has 2 aromatic carbocycles. The van der Waals surface area contributed by atoms with Crippen LogP contribution in [0.2, 0.25) is 0 Å². The van der Waals surface area contributed by atoms with Crippen molar-refractivity contribution in [3.8, 4) is 28.1 Å².